The number of nitrogens with zero attached hydrogens (tertiary/aromatic N) is 3. The minimum atomic E-state index is -2.09. The number of aromatic nitrogens is 2. The van der Waals surface area contributed by atoms with Gasteiger partial charge < -0.3 is 124 Å². The third-order valence-electron chi connectivity index (χ3n) is 18.3. The number of phenols is 1. The van der Waals surface area contributed by atoms with Crippen LogP contribution < -0.4 is 37.3 Å². The first-order chi connectivity index (χ1) is 50.4. The first-order valence-electron chi connectivity index (χ1n) is 35.3. The molecule has 11 atom stereocenters. The van der Waals surface area contributed by atoms with Crippen LogP contribution in [0, 0.1) is 11.8 Å². The summed E-state index contributed by atoms with van der Waals surface area (Å²) in [5.74, 6) is -6.37. The van der Waals surface area contributed by atoms with Gasteiger partial charge in [-0.05, 0) is 99.4 Å². The number of nitrogens with one attached hydrogen (secondary N) is 4. The zero-order chi connectivity index (χ0) is 75.9. The lowest BCUT2D eigenvalue weighted by Gasteiger charge is -2.38. The Morgan fingerprint density at radius 1 is 0.771 bits per heavy atom. The molecule has 580 valence electrons. The number of aliphatic hydroxyl groups excluding tert-OH is 3. The van der Waals surface area contributed by atoms with Crippen LogP contribution in [0.3, 0.4) is 0 Å². The number of benzene rings is 2. The second kappa shape index (κ2) is 40.0. The molecule has 5 amide bonds. The van der Waals surface area contributed by atoms with Crippen LogP contribution in [0.2, 0.25) is 0 Å². The summed E-state index contributed by atoms with van der Waals surface area (Å²) in [4.78, 5) is 115. The van der Waals surface area contributed by atoms with E-state index in [0.29, 0.717) is 139 Å². The lowest BCUT2D eigenvalue weighted by Crippen LogP contribution is -2.61. The highest BCUT2D eigenvalue weighted by molar-refractivity contribution is 5.99. The van der Waals surface area contributed by atoms with Crippen LogP contribution in [0.4, 0.5) is 10.5 Å². The number of amides is 5. The predicted molar refractivity (Wildman–Crippen MR) is 371 cm³/mol. The predicted octanol–water partition coefficient (Wildman–Crippen LogP) is 0.954. The number of methoxy groups -OCH3 is 1. The second-order valence-electron chi connectivity index (χ2n) is 26.3. The smallest absolute Gasteiger partial charge is 0.410 e. The molecule has 1 aliphatic carbocycles. The van der Waals surface area contributed by atoms with Crippen molar-refractivity contribution in [1.82, 2.24) is 30.4 Å². The van der Waals surface area contributed by atoms with E-state index in [4.69, 9.17) is 67.6 Å². The summed E-state index contributed by atoms with van der Waals surface area (Å²) >= 11 is 0. The van der Waals surface area contributed by atoms with Gasteiger partial charge in [0.2, 0.25) is 29.9 Å². The molecule has 2 aromatic heterocycles. The Labute approximate surface area is 606 Å². The monoisotopic (exact) mass is 1480 g/mol. The summed E-state index contributed by atoms with van der Waals surface area (Å²) < 4.78 is 67.3. The number of hydrogen-bond donors (Lipinski definition) is 11. The number of carbonyl (C=O) groups is 7. The number of phenolic OH excluding ortho intramolecular Hbond substituents is 1. The van der Waals surface area contributed by atoms with Crippen molar-refractivity contribution in [3.8, 4) is 22.9 Å². The largest absolute Gasteiger partial charge is 0.508 e. The van der Waals surface area contributed by atoms with Gasteiger partial charge in [0.15, 0.2) is 11.7 Å². The number of cyclic esters (lactones) is 1. The summed E-state index contributed by atoms with van der Waals surface area (Å²) in [6, 6.07) is 6.41. The number of aliphatic hydroxyl groups is 4. The van der Waals surface area contributed by atoms with E-state index in [0.717, 1.165) is 0 Å². The fourth-order valence-corrected chi connectivity index (χ4v) is 12.0. The molecule has 1 saturated carbocycles. The van der Waals surface area contributed by atoms with Crippen LogP contribution in [0.15, 0.2) is 47.3 Å². The summed E-state index contributed by atoms with van der Waals surface area (Å²) in [6.45, 7) is 13.3. The number of unbranched alkanes of at least 4 members (excludes halogenated alkanes) is 1. The summed E-state index contributed by atoms with van der Waals surface area (Å²) in [5.41, 5.74) is 5.71. The molecule has 105 heavy (non-hydrogen) atoms. The van der Waals surface area contributed by atoms with E-state index in [2.05, 4.69) is 21.3 Å². The van der Waals surface area contributed by atoms with E-state index in [1.807, 2.05) is 6.92 Å². The normalized spacial score (nSPS) is 21.0. The van der Waals surface area contributed by atoms with Gasteiger partial charge in [-0.15, -0.1) is 0 Å². The van der Waals surface area contributed by atoms with Gasteiger partial charge in [0.05, 0.1) is 140 Å². The van der Waals surface area contributed by atoms with Crippen LogP contribution in [0.25, 0.3) is 22.3 Å². The number of anilines is 1. The molecule has 12 N–H and O–H groups in total. The number of fused-ring (bicyclic) bond motifs is 5. The Hall–Kier alpha value is -8.07. The van der Waals surface area contributed by atoms with Crippen molar-refractivity contribution in [1.29, 1.82) is 0 Å². The van der Waals surface area contributed by atoms with E-state index in [1.54, 1.807) is 46.1 Å². The first-order valence-corrected chi connectivity index (χ1v) is 35.3. The van der Waals surface area contributed by atoms with Gasteiger partial charge in [-0.2, -0.15) is 0 Å². The lowest BCUT2D eigenvalue weighted by molar-refractivity contribution is -0.271. The third-order valence-corrected chi connectivity index (χ3v) is 18.3. The molecule has 0 bridgehead atoms. The third kappa shape index (κ3) is 22.3. The van der Waals surface area contributed by atoms with Gasteiger partial charge >= 0.3 is 18.0 Å². The summed E-state index contributed by atoms with van der Waals surface area (Å²) in [5, 5.41) is 76.0. The maximum absolute atomic E-state index is 14.4. The average Bonchev–Trinajstić information content (AvgIpc) is 1.61. The van der Waals surface area contributed by atoms with Gasteiger partial charge in [-0.3, -0.25) is 24.0 Å². The maximum atomic E-state index is 14.4. The number of pyridine rings is 2. The molecule has 2 aromatic carbocycles. The number of esters is 1. The number of nitrogens with two attached hydrogens (primary N) is 1. The maximum Gasteiger partial charge on any atom is 0.410 e. The highest BCUT2D eigenvalue weighted by Crippen LogP contribution is 2.42. The Bertz CT molecular complexity index is 3670. The Morgan fingerprint density at radius 2 is 1.39 bits per heavy atom. The van der Waals surface area contributed by atoms with Crippen LogP contribution in [0.5, 0.6) is 11.5 Å². The van der Waals surface area contributed by atoms with E-state index < -0.39 is 114 Å². The number of carbonyl (C=O) groups excluding carboxylic acids is 6. The highest BCUT2D eigenvalue weighted by Gasteiger charge is 2.49. The van der Waals surface area contributed by atoms with E-state index in [1.165, 1.54) is 40.7 Å². The van der Waals surface area contributed by atoms with Crippen molar-refractivity contribution in [3.05, 3.63) is 80.6 Å². The SMILES string of the molecule is CC[C@@]1(O)C(=O)OCc2c1cc1n(c2=O)Cc2cc3c(CN(C(=O)OCc4ccc(NC(=O)[C@H](C)NC(=O)[C@@H](NC(=O)[C@H](CCCCN)NC(=O)CCOCCOCCOCCOCCOCCOCCOCCOC)C(C)C)c(O[C@@H]5O[C@H](C(=O)O)[C@@H](O)[C@H](O)[C@H]5O)c4)C4CC4C)c(O)ccc3nc2-1. The molecular weight excluding hydrogens is 1380 g/mol. The fourth-order valence-electron chi connectivity index (χ4n) is 12.0. The number of carboxylic acids is 1. The summed E-state index contributed by atoms with van der Waals surface area (Å²) in [7, 11) is 1.61. The van der Waals surface area contributed by atoms with Crippen LogP contribution in [0.1, 0.15) is 101 Å². The van der Waals surface area contributed by atoms with Crippen LogP contribution >= 0.6 is 0 Å². The molecule has 0 radical (unpaired) electrons. The number of hydrogen-bond acceptors (Lipinski definition) is 27. The van der Waals surface area contributed by atoms with E-state index in [9.17, 15) is 69.0 Å². The van der Waals surface area contributed by atoms with Crippen molar-refractivity contribution in [2.75, 3.05) is 118 Å². The van der Waals surface area contributed by atoms with Crippen molar-refractivity contribution in [2.45, 2.75) is 160 Å². The molecule has 4 aliphatic rings. The minimum absolute atomic E-state index is 0.0202. The van der Waals surface area contributed by atoms with Crippen LogP contribution in [-0.4, -0.2) is 254 Å². The highest BCUT2D eigenvalue weighted by atomic mass is 16.7. The molecule has 4 aromatic rings. The Morgan fingerprint density at radius 3 is 1.97 bits per heavy atom. The number of ether oxygens (including phenoxy) is 12. The molecule has 34 heteroatoms. The molecule has 0 spiro atoms. The van der Waals surface area contributed by atoms with Gasteiger partial charge in [0, 0.05) is 41.6 Å². The van der Waals surface area contributed by atoms with Crippen LogP contribution in [-0.2, 0) is 113 Å². The van der Waals surface area contributed by atoms with E-state index in [-0.39, 0.29) is 105 Å². The van der Waals surface area contributed by atoms with Gasteiger partial charge in [0.25, 0.3) is 5.56 Å². The topological polar surface area (TPSA) is 464 Å². The zero-order valence-electron chi connectivity index (χ0n) is 60.0. The molecular formula is C71H100N8O26. The van der Waals surface area contributed by atoms with Crippen molar-refractivity contribution in [3.63, 3.8) is 0 Å². The Kier molecular flexibility index (Phi) is 31.5. The quantitative estimate of drug-likeness (QED) is 0.0191. The average molecular weight is 1480 g/mol. The number of aromatic hydroxyl groups is 1. The number of carboxylic acid groups (broad SMARTS) is 1. The van der Waals surface area contributed by atoms with Crippen molar-refractivity contribution >= 4 is 58.3 Å². The molecule has 2 unspecified atom stereocenters. The Balaban J connectivity index is 0.843. The van der Waals surface area contributed by atoms with E-state index >= 15 is 0 Å². The molecule has 2 fully saturated rings. The van der Waals surface area contributed by atoms with Gasteiger partial charge in [0.1, 0.15) is 61.2 Å². The van der Waals surface area contributed by atoms with Gasteiger partial charge in [-0.25, -0.2) is 19.4 Å². The second-order valence-corrected chi connectivity index (χ2v) is 26.3. The zero-order valence-corrected chi connectivity index (χ0v) is 60.0. The molecule has 5 heterocycles. The molecule has 3 aliphatic heterocycles. The molecule has 8 rings (SSSR count). The van der Waals surface area contributed by atoms with Crippen molar-refractivity contribution in [2.24, 2.45) is 17.6 Å². The number of rotatable bonds is 45. The molecule has 34 nitrogen and oxygen atoms in total. The summed E-state index contributed by atoms with van der Waals surface area (Å²) in [6.07, 6.45) is -9.49. The minimum Gasteiger partial charge on any atom is -0.508 e. The molecule has 1 saturated heterocycles. The fraction of sp³-hybridized carbons (Fsp3) is 0.620. The standard InChI is InChI=1S/C71H100N8O26/c1-7-71(93)48-35-53-58-44(36-78(53)66(88)47(48)39-102-69(71)91)34-45-46(54(80)14-13-49(45)75-58)37-79(52-32-41(52)4)70(92)103-38-43-11-12-50(55(33-43)104-68-61(84)59(82)60(83)62(105-68)67(89)90)76-63(85)42(5)73-65(87)57(40(2)3)77-64(86)51(10-8-9-16-72)74-56(81)15-17-95-20-21-97-24-25-99-28-29-101-31-30-100-27-26-98-23-22-96-19-18-94-6/h11-14,33-35,40-42,51-52,57,59-62,68,80,82-84,93H,7-10,15-32,36-39,72H2,1-6H3,(H,73,87)(H,74,81)(H,76,85)(H,77,86)(H,89,90)/t41?,42-,51-,52?,57-,59-,60-,61+,62-,68+,71-/m0/s1. The lowest BCUT2D eigenvalue weighted by atomic mass is 9.86. The van der Waals surface area contributed by atoms with Gasteiger partial charge in [-0.1, -0.05) is 33.8 Å². The number of aliphatic carboxylic acids is 1. The van der Waals surface area contributed by atoms with Crippen molar-refractivity contribution < 1.29 is 121 Å². The first kappa shape index (κ1) is 82.6.